The maximum atomic E-state index is 12.7. The molecule has 0 atom stereocenters. The fourth-order valence-corrected chi connectivity index (χ4v) is 2.93. The SMILES string of the molecule is CN(CCNC1CC1)c1ccccc1S(=O)(=O)C(F)F. The molecule has 4 nitrogen and oxygen atoms in total. The van der Waals surface area contributed by atoms with Crippen LogP contribution < -0.4 is 10.2 Å². The van der Waals surface area contributed by atoms with Gasteiger partial charge < -0.3 is 10.2 Å². The zero-order valence-electron chi connectivity index (χ0n) is 11.2. The molecule has 1 N–H and O–H groups in total. The van der Waals surface area contributed by atoms with Crippen LogP contribution in [-0.2, 0) is 9.84 Å². The van der Waals surface area contributed by atoms with Crippen LogP contribution in [0.1, 0.15) is 12.8 Å². The zero-order valence-corrected chi connectivity index (χ0v) is 12.0. The summed E-state index contributed by atoms with van der Waals surface area (Å²) in [5.74, 6) is -3.40. The molecular weight excluding hydrogens is 286 g/mol. The molecule has 7 heteroatoms. The number of hydrogen-bond donors (Lipinski definition) is 1. The summed E-state index contributed by atoms with van der Waals surface area (Å²) in [5.41, 5.74) is 0.311. The normalized spacial score (nSPS) is 15.6. The number of sulfone groups is 1. The summed E-state index contributed by atoms with van der Waals surface area (Å²) < 4.78 is 48.7. The van der Waals surface area contributed by atoms with E-state index in [2.05, 4.69) is 5.32 Å². The van der Waals surface area contributed by atoms with Crippen LogP contribution in [0.2, 0.25) is 0 Å². The van der Waals surface area contributed by atoms with Crippen molar-refractivity contribution in [3.8, 4) is 0 Å². The molecule has 0 spiro atoms. The largest absolute Gasteiger partial charge is 0.372 e. The molecule has 20 heavy (non-hydrogen) atoms. The first-order chi connectivity index (χ1) is 9.43. The first-order valence-electron chi connectivity index (χ1n) is 6.48. The van der Waals surface area contributed by atoms with E-state index in [0.29, 0.717) is 24.8 Å². The highest BCUT2D eigenvalue weighted by molar-refractivity contribution is 7.91. The first kappa shape index (κ1) is 15.2. The Kier molecular flexibility index (Phi) is 4.59. The molecule has 1 aliphatic rings. The maximum Gasteiger partial charge on any atom is 0.341 e. The van der Waals surface area contributed by atoms with E-state index in [1.165, 1.54) is 25.0 Å². The zero-order chi connectivity index (χ0) is 14.8. The molecule has 1 fully saturated rings. The molecule has 0 aromatic heterocycles. The quantitative estimate of drug-likeness (QED) is 0.835. The second kappa shape index (κ2) is 6.05. The van der Waals surface area contributed by atoms with Crippen LogP contribution in [0.25, 0.3) is 0 Å². The third kappa shape index (κ3) is 3.46. The molecule has 0 heterocycles. The van der Waals surface area contributed by atoms with Crippen LogP contribution in [0, 0.1) is 0 Å². The molecule has 2 rings (SSSR count). The van der Waals surface area contributed by atoms with Gasteiger partial charge in [-0.15, -0.1) is 0 Å². The van der Waals surface area contributed by atoms with Crippen LogP contribution in [0.3, 0.4) is 0 Å². The number of anilines is 1. The Morgan fingerprint density at radius 2 is 2.00 bits per heavy atom. The standard InChI is InChI=1S/C13H18F2N2O2S/c1-17(9-8-16-10-6-7-10)11-4-2-3-5-12(11)20(18,19)13(14)15/h2-5,10,13,16H,6-9H2,1H3. The third-order valence-electron chi connectivity index (χ3n) is 3.28. The molecule has 112 valence electrons. The Hall–Kier alpha value is -1.21. The van der Waals surface area contributed by atoms with E-state index >= 15 is 0 Å². The predicted octanol–water partition coefficient (Wildman–Crippen LogP) is 1.87. The van der Waals surface area contributed by atoms with Crippen LogP contribution in [-0.4, -0.2) is 40.4 Å². The minimum Gasteiger partial charge on any atom is -0.372 e. The van der Waals surface area contributed by atoms with Crippen LogP contribution in [0.4, 0.5) is 14.5 Å². The summed E-state index contributed by atoms with van der Waals surface area (Å²) in [6, 6.07) is 6.43. The molecule has 0 aliphatic heterocycles. The van der Waals surface area contributed by atoms with E-state index in [0.717, 1.165) is 0 Å². The number of para-hydroxylation sites is 1. The van der Waals surface area contributed by atoms with E-state index in [4.69, 9.17) is 0 Å². The van der Waals surface area contributed by atoms with Gasteiger partial charge in [0.25, 0.3) is 0 Å². The van der Waals surface area contributed by atoms with Gasteiger partial charge >= 0.3 is 5.76 Å². The smallest absolute Gasteiger partial charge is 0.341 e. The van der Waals surface area contributed by atoms with Crippen molar-refractivity contribution >= 4 is 15.5 Å². The second-order valence-corrected chi connectivity index (χ2v) is 6.81. The number of benzene rings is 1. The fraction of sp³-hybridized carbons (Fsp3) is 0.538. The molecule has 0 unspecified atom stereocenters. The van der Waals surface area contributed by atoms with Gasteiger partial charge in [0.15, 0.2) is 0 Å². The van der Waals surface area contributed by atoms with Gasteiger partial charge in [0.2, 0.25) is 9.84 Å². The second-order valence-electron chi connectivity index (χ2n) is 4.92. The van der Waals surface area contributed by atoms with Crippen molar-refractivity contribution < 1.29 is 17.2 Å². The Morgan fingerprint density at radius 1 is 1.35 bits per heavy atom. The van der Waals surface area contributed by atoms with Crippen molar-refractivity contribution in [2.24, 2.45) is 0 Å². The van der Waals surface area contributed by atoms with Crippen molar-refractivity contribution in [1.29, 1.82) is 0 Å². The lowest BCUT2D eigenvalue weighted by atomic mass is 10.3. The molecule has 0 bridgehead atoms. The Morgan fingerprint density at radius 3 is 2.60 bits per heavy atom. The molecule has 1 aliphatic carbocycles. The Labute approximate surface area is 117 Å². The van der Waals surface area contributed by atoms with Gasteiger partial charge in [0.1, 0.15) is 0 Å². The molecule has 0 radical (unpaired) electrons. The minimum absolute atomic E-state index is 0.311. The van der Waals surface area contributed by atoms with Crippen LogP contribution >= 0.6 is 0 Å². The van der Waals surface area contributed by atoms with Gasteiger partial charge in [-0.1, -0.05) is 12.1 Å². The van der Waals surface area contributed by atoms with Crippen molar-refractivity contribution in [2.75, 3.05) is 25.0 Å². The molecule has 1 saturated carbocycles. The topological polar surface area (TPSA) is 49.4 Å². The highest BCUT2D eigenvalue weighted by Gasteiger charge is 2.30. The maximum absolute atomic E-state index is 12.7. The number of likely N-dealkylation sites (N-methyl/N-ethyl adjacent to an activating group) is 1. The lowest BCUT2D eigenvalue weighted by molar-refractivity contribution is 0.235. The number of nitrogens with one attached hydrogen (secondary N) is 1. The molecule has 0 saturated heterocycles. The molecule has 1 aromatic rings. The van der Waals surface area contributed by atoms with Gasteiger partial charge in [-0.2, -0.15) is 8.78 Å². The van der Waals surface area contributed by atoms with E-state index < -0.39 is 15.6 Å². The number of hydrogen-bond acceptors (Lipinski definition) is 4. The monoisotopic (exact) mass is 304 g/mol. The Balaban J connectivity index is 2.13. The third-order valence-corrected chi connectivity index (χ3v) is 4.70. The summed E-state index contributed by atoms with van der Waals surface area (Å²) in [7, 11) is -2.87. The fourth-order valence-electron chi connectivity index (χ4n) is 1.95. The van der Waals surface area contributed by atoms with Gasteiger partial charge in [-0.05, 0) is 25.0 Å². The van der Waals surface area contributed by atoms with Crippen LogP contribution in [0.15, 0.2) is 29.2 Å². The van der Waals surface area contributed by atoms with Crippen LogP contribution in [0.5, 0.6) is 0 Å². The van der Waals surface area contributed by atoms with E-state index in [9.17, 15) is 17.2 Å². The number of alkyl halides is 2. The summed E-state index contributed by atoms with van der Waals surface area (Å²) in [6.45, 7) is 1.26. The summed E-state index contributed by atoms with van der Waals surface area (Å²) in [5, 5.41) is 3.30. The Bertz CT molecular complexity index is 559. The van der Waals surface area contributed by atoms with Crippen molar-refractivity contribution in [2.45, 2.75) is 29.5 Å². The average Bonchev–Trinajstić information content (AvgIpc) is 3.22. The summed E-state index contributed by atoms with van der Waals surface area (Å²) in [6.07, 6.45) is 2.33. The highest BCUT2D eigenvalue weighted by Crippen LogP contribution is 2.28. The lowest BCUT2D eigenvalue weighted by Gasteiger charge is -2.22. The first-order valence-corrected chi connectivity index (χ1v) is 8.03. The minimum atomic E-state index is -4.58. The van der Waals surface area contributed by atoms with E-state index in [1.54, 1.807) is 24.1 Å². The van der Waals surface area contributed by atoms with Crippen molar-refractivity contribution in [1.82, 2.24) is 5.32 Å². The number of rotatable bonds is 7. The van der Waals surface area contributed by atoms with Crippen molar-refractivity contribution in [3.05, 3.63) is 24.3 Å². The van der Waals surface area contributed by atoms with Crippen molar-refractivity contribution in [3.63, 3.8) is 0 Å². The molecular formula is C13H18F2N2O2S. The summed E-state index contributed by atoms with van der Waals surface area (Å²) in [4.78, 5) is 1.37. The van der Waals surface area contributed by atoms with Gasteiger partial charge in [0, 0.05) is 26.2 Å². The van der Waals surface area contributed by atoms with Gasteiger partial charge in [-0.25, -0.2) is 8.42 Å². The van der Waals surface area contributed by atoms with Gasteiger partial charge in [0.05, 0.1) is 10.6 Å². The van der Waals surface area contributed by atoms with E-state index in [-0.39, 0.29) is 4.90 Å². The lowest BCUT2D eigenvalue weighted by Crippen LogP contribution is -2.31. The average molecular weight is 304 g/mol. The van der Waals surface area contributed by atoms with Gasteiger partial charge in [-0.3, -0.25) is 0 Å². The predicted molar refractivity (Wildman–Crippen MR) is 73.9 cm³/mol. The highest BCUT2D eigenvalue weighted by atomic mass is 32.2. The number of halogens is 2. The number of nitrogens with zero attached hydrogens (tertiary/aromatic N) is 1. The van der Waals surface area contributed by atoms with E-state index in [1.807, 2.05) is 0 Å². The molecule has 0 amide bonds. The molecule has 1 aromatic carbocycles. The summed E-state index contributed by atoms with van der Waals surface area (Å²) >= 11 is 0.